The van der Waals surface area contributed by atoms with Crippen molar-refractivity contribution in [3.63, 3.8) is 0 Å². The van der Waals surface area contributed by atoms with Gasteiger partial charge >= 0.3 is 0 Å². The fourth-order valence-electron chi connectivity index (χ4n) is 2.28. The van der Waals surface area contributed by atoms with Crippen molar-refractivity contribution >= 4 is 0 Å². The Morgan fingerprint density at radius 2 is 2.08 bits per heavy atom. The van der Waals surface area contributed by atoms with Crippen molar-refractivity contribution in [1.82, 2.24) is 9.55 Å². The van der Waals surface area contributed by atoms with Crippen molar-refractivity contribution in [3.05, 3.63) is 18.2 Å². The van der Waals surface area contributed by atoms with Crippen LogP contribution in [-0.2, 0) is 12.6 Å². The largest absolute Gasteiger partial charge is 0.336 e. The first kappa shape index (κ1) is 8.75. The molecular weight excluding hydrogens is 162 g/mol. The van der Waals surface area contributed by atoms with Crippen LogP contribution in [0.4, 0.5) is 0 Å². The second-order valence-electron chi connectivity index (χ2n) is 4.11. The van der Waals surface area contributed by atoms with Gasteiger partial charge in [0.05, 0.1) is 17.6 Å². The Bertz CT molecular complexity index is 284. The third kappa shape index (κ3) is 1.48. The molecule has 0 bridgehead atoms. The van der Waals surface area contributed by atoms with Crippen molar-refractivity contribution in [1.29, 1.82) is 0 Å². The molecule has 0 atom stereocenters. The van der Waals surface area contributed by atoms with E-state index in [-0.39, 0.29) is 5.54 Å². The zero-order valence-corrected chi connectivity index (χ0v) is 8.16. The SMILES string of the molecule is Cn1cncc1C1(N)CCCCC1. The number of aryl methyl sites for hydroxylation is 1. The van der Waals surface area contributed by atoms with Crippen LogP contribution >= 0.6 is 0 Å². The van der Waals surface area contributed by atoms with Gasteiger partial charge in [-0.05, 0) is 12.8 Å². The van der Waals surface area contributed by atoms with Crippen molar-refractivity contribution in [2.24, 2.45) is 12.8 Å². The van der Waals surface area contributed by atoms with Gasteiger partial charge < -0.3 is 10.3 Å². The summed E-state index contributed by atoms with van der Waals surface area (Å²) in [4.78, 5) is 4.13. The second kappa shape index (κ2) is 3.14. The highest BCUT2D eigenvalue weighted by atomic mass is 15.1. The van der Waals surface area contributed by atoms with Gasteiger partial charge in [-0.1, -0.05) is 19.3 Å². The van der Waals surface area contributed by atoms with Crippen LogP contribution in [0.3, 0.4) is 0 Å². The van der Waals surface area contributed by atoms with E-state index in [1.54, 1.807) is 0 Å². The first-order chi connectivity index (χ1) is 6.22. The molecule has 1 fully saturated rings. The molecule has 0 radical (unpaired) electrons. The predicted molar refractivity (Wildman–Crippen MR) is 52.2 cm³/mol. The highest BCUT2D eigenvalue weighted by Crippen LogP contribution is 2.33. The summed E-state index contributed by atoms with van der Waals surface area (Å²) in [6.45, 7) is 0. The maximum absolute atomic E-state index is 6.36. The van der Waals surface area contributed by atoms with Crippen LogP contribution in [0.2, 0.25) is 0 Å². The van der Waals surface area contributed by atoms with Crippen LogP contribution < -0.4 is 5.73 Å². The molecule has 1 saturated carbocycles. The summed E-state index contributed by atoms with van der Waals surface area (Å²) < 4.78 is 2.05. The zero-order chi connectivity index (χ0) is 9.31. The average molecular weight is 179 g/mol. The summed E-state index contributed by atoms with van der Waals surface area (Å²) in [5, 5.41) is 0. The van der Waals surface area contributed by atoms with Crippen LogP contribution in [0.5, 0.6) is 0 Å². The molecule has 1 aromatic heterocycles. The van der Waals surface area contributed by atoms with Crippen molar-refractivity contribution in [2.75, 3.05) is 0 Å². The fraction of sp³-hybridized carbons (Fsp3) is 0.700. The Labute approximate surface area is 79.0 Å². The Morgan fingerprint density at radius 1 is 1.38 bits per heavy atom. The van der Waals surface area contributed by atoms with Crippen molar-refractivity contribution in [2.45, 2.75) is 37.6 Å². The van der Waals surface area contributed by atoms with Crippen molar-refractivity contribution < 1.29 is 0 Å². The lowest BCUT2D eigenvalue weighted by atomic mass is 9.80. The monoisotopic (exact) mass is 179 g/mol. The molecule has 1 heterocycles. The lowest BCUT2D eigenvalue weighted by molar-refractivity contribution is 0.289. The summed E-state index contributed by atoms with van der Waals surface area (Å²) >= 11 is 0. The maximum Gasteiger partial charge on any atom is 0.0946 e. The number of nitrogens with zero attached hydrogens (tertiary/aromatic N) is 2. The van der Waals surface area contributed by atoms with Crippen LogP contribution in [0, 0.1) is 0 Å². The first-order valence-corrected chi connectivity index (χ1v) is 4.98. The Balaban J connectivity index is 2.27. The van der Waals surface area contributed by atoms with Crippen LogP contribution in [0.15, 0.2) is 12.5 Å². The second-order valence-corrected chi connectivity index (χ2v) is 4.11. The molecule has 3 nitrogen and oxygen atoms in total. The maximum atomic E-state index is 6.36. The van der Waals surface area contributed by atoms with Gasteiger partial charge in [-0.15, -0.1) is 0 Å². The van der Waals surface area contributed by atoms with Crippen LogP contribution in [0.1, 0.15) is 37.8 Å². The summed E-state index contributed by atoms with van der Waals surface area (Å²) in [5.74, 6) is 0. The standard InChI is InChI=1S/C10H17N3/c1-13-8-12-7-9(13)10(11)5-3-2-4-6-10/h7-8H,2-6,11H2,1H3. The fourth-order valence-corrected chi connectivity index (χ4v) is 2.28. The quantitative estimate of drug-likeness (QED) is 0.710. The highest BCUT2D eigenvalue weighted by molar-refractivity contribution is 5.13. The van der Waals surface area contributed by atoms with Gasteiger partial charge in [0.1, 0.15) is 0 Å². The molecule has 0 unspecified atom stereocenters. The van der Waals surface area contributed by atoms with E-state index in [4.69, 9.17) is 5.73 Å². The normalized spacial score (nSPS) is 21.7. The van der Waals surface area contributed by atoms with Gasteiger partial charge in [-0.25, -0.2) is 4.98 Å². The third-order valence-corrected chi connectivity index (χ3v) is 3.07. The van der Waals surface area contributed by atoms with E-state index in [9.17, 15) is 0 Å². The average Bonchev–Trinajstić information content (AvgIpc) is 2.53. The summed E-state index contributed by atoms with van der Waals surface area (Å²) in [6.07, 6.45) is 9.78. The number of rotatable bonds is 1. The van der Waals surface area contributed by atoms with Gasteiger partial charge in [-0.2, -0.15) is 0 Å². The van der Waals surface area contributed by atoms with Crippen LogP contribution in [0.25, 0.3) is 0 Å². The molecular formula is C10H17N3. The van der Waals surface area contributed by atoms with Gasteiger partial charge in [0.15, 0.2) is 0 Å². The highest BCUT2D eigenvalue weighted by Gasteiger charge is 2.31. The van der Waals surface area contributed by atoms with E-state index in [2.05, 4.69) is 4.98 Å². The summed E-state index contributed by atoms with van der Waals surface area (Å²) in [7, 11) is 2.02. The van der Waals surface area contributed by atoms with E-state index >= 15 is 0 Å². The molecule has 2 N–H and O–H groups in total. The van der Waals surface area contributed by atoms with Gasteiger partial charge in [0.2, 0.25) is 0 Å². The molecule has 1 aromatic rings. The Morgan fingerprint density at radius 3 is 2.62 bits per heavy atom. The Kier molecular flexibility index (Phi) is 2.12. The van der Waals surface area contributed by atoms with Crippen molar-refractivity contribution in [3.8, 4) is 0 Å². The van der Waals surface area contributed by atoms with E-state index in [0.29, 0.717) is 0 Å². The lowest BCUT2D eigenvalue weighted by Gasteiger charge is -2.33. The molecule has 13 heavy (non-hydrogen) atoms. The minimum Gasteiger partial charge on any atom is -0.336 e. The van der Waals surface area contributed by atoms with E-state index in [1.807, 2.05) is 24.1 Å². The number of imidazole rings is 1. The molecule has 0 amide bonds. The smallest absolute Gasteiger partial charge is 0.0946 e. The molecule has 72 valence electrons. The van der Waals surface area contributed by atoms with E-state index in [1.165, 1.54) is 25.0 Å². The minimum absolute atomic E-state index is 0.108. The first-order valence-electron chi connectivity index (χ1n) is 4.98. The molecule has 3 heteroatoms. The number of nitrogens with two attached hydrogens (primary N) is 1. The number of hydrogen-bond acceptors (Lipinski definition) is 2. The van der Waals surface area contributed by atoms with Crippen LogP contribution in [-0.4, -0.2) is 9.55 Å². The van der Waals surface area contributed by atoms with Gasteiger partial charge in [0, 0.05) is 13.2 Å². The topological polar surface area (TPSA) is 43.8 Å². The molecule has 1 aliphatic carbocycles. The molecule has 0 aromatic carbocycles. The molecule has 2 rings (SSSR count). The predicted octanol–water partition coefficient (Wildman–Crippen LogP) is 1.54. The minimum atomic E-state index is -0.108. The van der Waals surface area contributed by atoms with Gasteiger partial charge in [-0.3, -0.25) is 0 Å². The molecule has 1 aliphatic rings. The summed E-state index contributed by atoms with van der Waals surface area (Å²) in [6, 6.07) is 0. The number of hydrogen-bond donors (Lipinski definition) is 1. The van der Waals surface area contributed by atoms with E-state index in [0.717, 1.165) is 12.8 Å². The third-order valence-electron chi connectivity index (χ3n) is 3.07. The molecule has 0 saturated heterocycles. The Hall–Kier alpha value is -0.830. The molecule has 0 spiro atoms. The van der Waals surface area contributed by atoms with E-state index < -0.39 is 0 Å². The summed E-state index contributed by atoms with van der Waals surface area (Å²) in [5.41, 5.74) is 7.44. The van der Waals surface area contributed by atoms with Gasteiger partial charge in [0.25, 0.3) is 0 Å². The zero-order valence-electron chi connectivity index (χ0n) is 8.16. The lowest BCUT2D eigenvalue weighted by Crippen LogP contribution is -2.40. The molecule has 0 aliphatic heterocycles. The number of aromatic nitrogens is 2.